The Morgan fingerprint density at radius 2 is 2.21 bits per heavy atom. The topological polar surface area (TPSA) is 97.2 Å². The molecule has 3 aromatic heterocycles. The Kier molecular flexibility index (Phi) is 4.85. The maximum atomic E-state index is 12.9. The zero-order chi connectivity index (χ0) is 20.5. The van der Waals surface area contributed by atoms with Crippen molar-refractivity contribution in [3.63, 3.8) is 0 Å². The minimum Gasteiger partial charge on any atom is -0.434 e. The molecule has 0 bridgehead atoms. The number of H-pyrrole nitrogens is 1. The van der Waals surface area contributed by atoms with Gasteiger partial charge in [-0.15, -0.1) is 0 Å². The Morgan fingerprint density at radius 3 is 3.00 bits per heavy atom. The van der Waals surface area contributed by atoms with Gasteiger partial charge in [-0.05, 0) is 31.2 Å². The van der Waals surface area contributed by atoms with Gasteiger partial charge in [-0.3, -0.25) is 9.89 Å². The quantitative estimate of drug-likeness (QED) is 0.511. The summed E-state index contributed by atoms with van der Waals surface area (Å²) in [6.45, 7) is -1.34. The predicted molar refractivity (Wildman–Crippen MR) is 101 cm³/mol. The number of aryl methyl sites for hydroxylation is 1. The van der Waals surface area contributed by atoms with Crippen LogP contribution in [0.3, 0.4) is 0 Å². The second-order valence-corrected chi connectivity index (χ2v) is 6.42. The number of hydrogen-bond acceptors (Lipinski definition) is 5. The van der Waals surface area contributed by atoms with Gasteiger partial charge in [-0.2, -0.15) is 19.0 Å². The van der Waals surface area contributed by atoms with Gasteiger partial charge in [0.1, 0.15) is 11.3 Å². The van der Waals surface area contributed by atoms with Gasteiger partial charge in [0.05, 0.1) is 23.3 Å². The molecule has 29 heavy (non-hydrogen) atoms. The molecule has 0 aliphatic heterocycles. The van der Waals surface area contributed by atoms with Crippen LogP contribution in [0.15, 0.2) is 42.9 Å². The molecule has 4 rings (SSSR count). The van der Waals surface area contributed by atoms with Crippen LogP contribution in [0.2, 0.25) is 5.02 Å². The van der Waals surface area contributed by atoms with Gasteiger partial charge in [0, 0.05) is 23.0 Å². The van der Waals surface area contributed by atoms with E-state index < -0.39 is 12.5 Å². The molecule has 4 aromatic rings. The van der Waals surface area contributed by atoms with Gasteiger partial charge < -0.3 is 10.1 Å². The van der Waals surface area contributed by atoms with Crippen LogP contribution in [0, 0.1) is 6.92 Å². The van der Waals surface area contributed by atoms with Crippen molar-refractivity contribution in [3.05, 3.63) is 59.1 Å². The summed E-state index contributed by atoms with van der Waals surface area (Å²) in [5.41, 5.74) is 1.89. The fourth-order valence-electron chi connectivity index (χ4n) is 2.93. The second-order valence-electron chi connectivity index (χ2n) is 5.98. The first-order valence-corrected chi connectivity index (χ1v) is 8.71. The number of carbonyl (C=O) groups excluding carboxylic acids is 1. The number of hydrogen-bond donors (Lipinski definition) is 2. The van der Waals surface area contributed by atoms with Gasteiger partial charge >= 0.3 is 6.61 Å². The lowest BCUT2D eigenvalue weighted by Gasteiger charge is -2.12. The number of amides is 1. The van der Waals surface area contributed by atoms with E-state index in [0.717, 1.165) is 0 Å². The fourth-order valence-corrected chi connectivity index (χ4v) is 3.10. The van der Waals surface area contributed by atoms with Gasteiger partial charge in [0.2, 0.25) is 0 Å². The molecule has 0 atom stereocenters. The summed E-state index contributed by atoms with van der Waals surface area (Å²) in [6, 6.07) is 5.87. The standard InChI is InChI=1S/C18H13ClF2N6O2/c1-9-14(16-22-5-2-6-27(16)26-9)17(28)24-12-8-23-25-15(12)11-7-10(19)3-4-13(11)29-18(20)21/h2-8,18H,1H3,(H,23,25)(H,24,28). The summed E-state index contributed by atoms with van der Waals surface area (Å²) in [7, 11) is 0. The van der Waals surface area contributed by atoms with Crippen molar-refractivity contribution in [1.29, 1.82) is 0 Å². The molecule has 1 amide bonds. The van der Waals surface area contributed by atoms with E-state index in [1.165, 1.54) is 28.9 Å². The van der Waals surface area contributed by atoms with Crippen molar-refractivity contribution in [2.24, 2.45) is 0 Å². The molecule has 0 radical (unpaired) electrons. The van der Waals surface area contributed by atoms with E-state index in [9.17, 15) is 13.6 Å². The molecule has 0 fully saturated rings. The number of ether oxygens (including phenoxy) is 1. The molecule has 148 valence electrons. The van der Waals surface area contributed by atoms with Gasteiger partial charge in [0.15, 0.2) is 5.65 Å². The number of halogens is 3. The number of fused-ring (bicyclic) bond motifs is 1. The van der Waals surface area contributed by atoms with Crippen LogP contribution in [-0.4, -0.2) is 37.3 Å². The van der Waals surface area contributed by atoms with E-state index >= 15 is 0 Å². The van der Waals surface area contributed by atoms with Crippen molar-refractivity contribution in [2.45, 2.75) is 13.5 Å². The van der Waals surface area contributed by atoms with Crippen LogP contribution in [0.25, 0.3) is 16.9 Å². The summed E-state index contributed by atoms with van der Waals surface area (Å²) >= 11 is 6.01. The van der Waals surface area contributed by atoms with Crippen LogP contribution < -0.4 is 10.1 Å². The molecule has 0 aliphatic carbocycles. The van der Waals surface area contributed by atoms with E-state index in [2.05, 4.69) is 30.3 Å². The monoisotopic (exact) mass is 418 g/mol. The van der Waals surface area contributed by atoms with Crippen LogP contribution in [0.4, 0.5) is 14.5 Å². The summed E-state index contributed by atoms with van der Waals surface area (Å²) in [4.78, 5) is 17.1. The SMILES string of the molecule is Cc1nn2cccnc2c1C(=O)Nc1cn[nH]c1-c1cc(Cl)ccc1OC(F)F. The number of nitrogens with one attached hydrogen (secondary N) is 2. The number of rotatable bonds is 5. The van der Waals surface area contributed by atoms with Crippen molar-refractivity contribution >= 4 is 28.8 Å². The molecule has 11 heteroatoms. The first-order chi connectivity index (χ1) is 13.9. The fraction of sp³-hybridized carbons (Fsp3) is 0.111. The smallest absolute Gasteiger partial charge is 0.387 e. The molecular formula is C18H13ClF2N6O2. The van der Waals surface area contributed by atoms with E-state index in [1.807, 2.05) is 0 Å². The zero-order valence-electron chi connectivity index (χ0n) is 14.9. The van der Waals surface area contributed by atoms with Crippen LogP contribution in [0.1, 0.15) is 16.1 Å². The molecule has 0 spiro atoms. The van der Waals surface area contributed by atoms with E-state index in [4.69, 9.17) is 11.6 Å². The lowest BCUT2D eigenvalue weighted by molar-refractivity contribution is -0.0494. The minimum atomic E-state index is -3.02. The lowest BCUT2D eigenvalue weighted by atomic mass is 10.1. The molecule has 0 aliphatic rings. The highest BCUT2D eigenvalue weighted by atomic mass is 35.5. The molecular weight excluding hydrogens is 406 g/mol. The van der Waals surface area contributed by atoms with E-state index in [1.54, 1.807) is 25.4 Å². The maximum Gasteiger partial charge on any atom is 0.387 e. The zero-order valence-corrected chi connectivity index (χ0v) is 15.6. The van der Waals surface area contributed by atoms with Gasteiger partial charge in [-0.1, -0.05) is 11.6 Å². The number of anilines is 1. The Hall–Kier alpha value is -3.53. The van der Waals surface area contributed by atoms with Gasteiger partial charge in [0.25, 0.3) is 5.91 Å². The van der Waals surface area contributed by atoms with Crippen LogP contribution in [0.5, 0.6) is 5.75 Å². The summed E-state index contributed by atoms with van der Waals surface area (Å²) in [6.07, 6.45) is 4.58. The normalized spacial score (nSPS) is 11.2. The highest BCUT2D eigenvalue weighted by molar-refractivity contribution is 6.31. The molecule has 8 nitrogen and oxygen atoms in total. The average Bonchev–Trinajstić information content (AvgIpc) is 3.25. The third-order valence-corrected chi connectivity index (χ3v) is 4.35. The number of nitrogens with zero attached hydrogens (tertiary/aromatic N) is 4. The first kappa shape index (κ1) is 18.8. The predicted octanol–water partition coefficient (Wildman–Crippen LogP) is 3.93. The minimum absolute atomic E-state index is 0.113. The Bertz CT molecular complexity index is 1210. The second kappa shape index (κ2) is 7.47. The van der Waals surface area contributed by atoms with Crippen LogP contribution >= 0.6 is 11.6 Å². The number of carbonyl (C=O) groups is 1. The molecule has 0 saturated heterocycles. The summed E-state index contributed by atoms with van der Waals surface area (Å²) in [5.74, 6) is -0.588. The number of aromatic amines is 1. The molecule has 2 N–H and O–H groups in total. The largest absolute Gasteiger partial charge is 0.434 e. The first-order valence-electron chi connectivity index (χ1n) is 8.33. The van der Waals surface area contributed by atoms with Gasteiger partial charge in [-0.25, -0.2) is 9.50 Å². The number of alkyl halides is 2. The number of benzene rings is 1. The molecule has 1 aromatic carbocycles. The van der Waals surface area contributed by atoms with E-state index in [-0.39, 0.29) is 28.3 Å². The molecule has 0 saturated carbocycles. The maximum absolute atomic E-state index is 12.9. The Balaban J connectivity index is 1.71. The third kappa shape index (κ3) is 3.61. The average molecular weight is 419 g/mol. The van der Waals surface area contributed by atoms with Crippen molar-refractivity contribution in [3.8, 4) is 17.0 Å². The molecule has 3 heterocycles. The lowest BCUT2D eigenvalue weighted by Crippen LogP contribution is -2.13. The highest BCUT2D eigenvalue weighted by Gasteiger charge is 2.22. The van der Waals surface area contributed by atoms with E-state index in [0.29, 0.717) is 16.4 Å². The van der Waals surface area contributed by atoms with Crippen molar-refractivity contribution in [1.82, 2.24) is 24.8 Å². The number of aromatic nitrogens is 5. The Morgan fingerprint density at radius 1 is 1.38 bits per heavy atom. The van der Waals surface area contributed by atoms with Crippen molar-refractivity contribution in [2.75, 3.05) is 5.32 Å². The Labute approximate surface area is 167 Å². The third-order valence-electron chi connectivity index (χ3n) is 4.11. The summed E-state index contributed by atoms with van der Waals surface area (Å²) < 4.78 is 31.6. The highest BCUT2D eigenvalue weighted by Crippen LogP contribution is 2.36. The summed E-state index contributed by atoms with van der Waals surface area (Å²) in [5, 5.41) is 13.9. The molecule has 0 unspecified atom stereocenters. The van der Waals surface area contributed by atoms with Crippen molar-refractivity contribution < 1.29 is 18.3 Å². The van der Waals surface area contributed by atoms with Crippen LogP contribution in [-0.2, 0) is 0 Å².